The van der Waals surface area contributed by atoms with Gasteiger partial charge in [-0.1, -0.05) is 0 Å². The maximum atomic E-state index is 4.14. The van der Waals surface area contributed by atoms with E-state index >= 15 is 0 Å². The van der Waals surface area contributed by atoms with Crippen LogP contribution in [0.1, 0.15) is 24.8 Å². The Balaban J connectivity index is 1.68. The highest BCUT2D eigenvalue weighted by Crippen LogP contribution is 2.18. The van der Waals surface area contributed by atoms with Gasteiger partial charge in [0.2, 0.25) is 0 Å². The second kappa shape index (κ2) is 4.89. The molecular weight excluding hydrogens is 240 g/mol. The predicted octanol–water partition coefficient (Wildman–Crippen LogP) is 2.53. The summed E-state index contributed by atoms with van der Waals surface area (Å²) in [7, 11) is 0. The van der Waals surface area contributed by atoms with Gasteiger partial charge in [0.1, 0.15) is 0 Å². The largest absolute Gasteiger partial charge is 0.314 e. The van der Waals surface area contributed by atoms with Crippen molar-refractivity contribution in [1.82, 2.24) is 10.3 Å². The molecule has 0 saturated heterocycles. The van der Waals surface area contributed by atoms with Crippen LogP contribution < -0.4 is 5.32 Å². The third-order valence-electron chi connectivity index (χ3n) is 2.41. The van der Waals surface area contributed by atoms with Crippen molar-refractivity contribution >= 4 is 15.9 Å². The number of halogens is 1. The number of hydrogen-bond acceptors (Lipinski definition) is 2. The molecule has 0 unspecified atom stereocenters. The Hall–Kier alpha value is -0.410. The van der Waals surface area contributed by atoms with Crippen LogP contribution in [0.3, 0.4) is 0 Å². The third-order valence-corrected chi connectivity index (χ3v) is 2.85. The summed E-state index contributed by atoms with van der Waals surface area (Å²) in [4.78, 5) is 4.14. The SMILES string of the molecule is Brc1cncc(CCCNC2CC2)c1. The Bertz CT molecular complexity index is 297. The molecule has 2 rings (SSSR count). The topological polar surface area (TPSA) is 24.9 Å². The fraction of sp³-hybridized carbons (Fsp3) is 0.545. The number of hydrogen-bond donors (Lipinski definition) is 1. The van der Waals surface area contributed by atoms with E-state index in [0.29, 0.717) is 0 Å². The van der Waals surface area contributed by atoms with E-state index < -0.39 is 0 Å². The Labute approximate surface area is 93.3 Å². The number of nitrogens with one attached hydrogen (secondary N) is 1. The molecule has 1 saturated carbocycles. The molecule has 2 nitrogen and oxygen atoms in total. The summed E-state index contributed by atoms with van der Waals surface area (Å²) in [6.07, 6.45) is 8.84. The summed E-state index contributed by atoms with van der Waals surface area (Å²) in [5.74, 6) is 0. The maximum absolute atomic E-state index is 4.14. The second-order valence-corrected chi connectivity index (χ2v) is 4.76. The van der Waals surface area contributed by atoms with Gasteiger partial charge < -0.3 is 5.32 Å². The smallest absolute Gasteiger partial charge is 0.0410 e. The van der Waals surface area contributed by atoms with E-state index in [9.17, 15) is 0 Å². The molecular formula is C11H15BrN2. The molecule has 0 aromatic carbocycles. The van der Waals surface area contributed by atoms with E-state index in [1.807, 2.05) is 12.4 Å². The Kier molecular flexibility index (Phi) is 3.54. The van der Waals surface area contributed by atoms with Crippen molar-refractivity contribution in [3.8, 4) is 0 Å². The number of aromatic nitrogens is 1. The van der Waals surface area contributed by atoms with Crippen LogP contribution in [0.2, 0.25) is 0 Å². The molecule has 0 bridgehead atoms. The summed E-state index contributed by atoms with van der Waals surface area (Å²) in [6, 6.07) is 2.97. The van der Waals surface area contributed by atoms with Crippen LogP contribution in [0.25, 0.3) is 0 Å². The number of rotatable bonds is 5. The Morgan fingerprint density at radius 2 is 2.29 bits per heavy atom. The van der Waals surface area contributed by atoms with Crippen molar-refractivity contribution < 1.29 is 0 Å². The van der Waals surface area contributed by atoms with Crippen LogP contribution in [0.4, 0.5) is 0 Å². The van der Waals surface area contributed by atoms with Gasteiger partial charge in [-0.25, -0.2) is 0 Å². The molecule has 1 aliphatic rings. The summed E-state index contributed by atoms with van der Waals surface area (Å²) >= 11 is 3.43. The molecule has 1 fully saturated rings. The van der Waals surface area contributed by atoms with E-state index in [0.717, 1.165) is 23.5 Å². The lowest BCUT2D eigenvalue weighted by Gasteiger charge is -2.02. The van der Waals surface area contributed by atoms with E-state index in [1.54, 1.807) is 0 Å². The first-order valence-electron chi connectivity index (χ1n) is 5.17. The highest BCUT2D eigenvalue weighted by Gasteiger charge is 2.19. The highest BCUT2D eigenvalue weighted by molar-refractivity contribution is 9.10. The van der Waals surface area contributed by atoms with Crippen molar-refractivity contribution in [2.45, 2.75) is 31.7 Å². The van der Waals surface area contributed by atoms with Crippen LogP contribution in [0.15, 0.2) is 22.9 Å². The van der Waals surface area contributed by atoms with E-state index in [1.165, 1.54) is 24.8 Å². The molecule has 0 spiro atoms. The van der Waals surface area contributed by atoms with Gasteiger partial charge in [0.25, 0.3) is 0 Å². The molecule has 14 heavy (non-hydrogen) atoms. The fourth-order valence-corrected chi connectivity index (χ4v) is 1.89. The van der Waals surface area contributed by atoms with Gasteiger partial charge >= 0.3 is 0 Å². The van der Waals surface area contributed by atoms with Crippen LogP contribution in [0.5, 0.6) is 0 Å². The van der Waals surface area contributed by atoms with Crippen LogP contribution in [-0.2, 0) is 6.42 Å². The number of pyridine rings is 1. The van der Waals surface area contributed by atoms with Gasteiger partial charge in [0.15, 0.2) is 0 Å². The van der Waals surface area contributed by atoms with Crippen molar-refractivity contribution in [1.29, 1.82) is 0 Å². The summed E-state index contributed by atoms with van der Waals surface area (Å²) in [5.41, 5.74) is 1.32. The van der Waals surface area contributed by atoms with Gasteiger partial charge in [-0.3, -0.25) is 4.98 Å². The second-order valence-electron chi connectivity index (χ2n) is 3.84. The molecule has 1 aromatic heterocycles. The molecule has 3 heteroatoms. The van der Waals surface area contributed by atoms with E-state index in [2.05, 4.69) is 32.3 Å². The predicted molar refractivity (Wildman–Crippen MR) is 61.3 cm³/mol. The fourth-order valence-electron chi connectivity index (χ4n) is 1.48. The van der Waals surface area contributed by atoms with Crippen molar-refractivity contribution in [3.05, 3.63) is 28.5 Å². The Morgan fingerprint density at radius 3 is 3.00 bits per heavy atom. The van der Waals surface area contributed by atoms with Gasteiger partial charge in [0.05, 0.1) is 0 Å². The van der Waals surface area contributed by atoms with Gasteiger partial charge in [-0.2, -0.15) is 0 Å². The number of aryl methyl sites for hydroxylation is 1. The van der Waals surface area contributed by atoms with E-state index in [-0.39, 0.29) is 0 Å². The Morgan fingerprint density at radius 1 is 1.43 bits per heavy atom. The first kappa shape index (κ1) is 10.1. The number of nitrogens with zero attached hydrogens (tertiary/aromatic N) is 1. The minimum Gasteiger partial charge on any atom is -0.314 e. The standard InChI is InChI=1S/C11H15BrN2/c12-10-6-9(7-13-8-10)2-1-5-14-11-3-4-11/h6-8,11,14H,1-5H2. The average molecular weight is 255 g/mol. The van der Waals surface area contributed by atoms with Gasteiger partial charge in [-0.05, 0) is 59.8 Å². The van der Waals surface area contributed by atoms with Crippen molar-refractivity contribution in [2.24, 2.45) is 0 Å². The van der Waals surface area contributed by atoms with Crippen LogP contribution in [0, 0.1) is 0 Å². The summed E-state index contributed by atoms with van der Waals surface area (Å²) < 4.78 is 1.07. The first-order chi connectivity index (χ1) is 6.84. The molecule has 0 atom stereocenters. The summed E-state index contributed by atoms with van der Waals surface area (Å²) in [6.45, 7) is 1.14. The molecule has 1 aromatic rings. The lowest BCUT2D eigenvalue weighted by molar-refractivity contribution is 0.645. The van der Waals surface area contributed by atoms with Crippen LogP contribution in [-0.4, -0.2) is 17.6 Å². The summed E-state index contributed by atoms with van der Waals surface area (Å²) in [5, 5.41) is 3.51. The molecule has 1 heterocycles. The zero-order valence-electron chi connectivity index (χ0n) is 8.17. The third kappa shape index (κ3) is 3.39. The minimum atomic E-state index is 0.829. The molecule has 0 amide bonds. The molecule has 1 aliphatic carbocycles. The quantitative estimate of drug-likeness (QED) is 0.818. The highest BCUT2D eigenvalue weighted by atomic mass is 79.9. The minimum absolute atomic E-state index is 0.829. The lowest BCUT2D eigenvalue weighted by atomic mass is 10.1. The average Bonchev–Trinajstić information content (AvgIpc) is 2.96. The molecule has 0 aliphatic heterocycles. The lowest BCUT2D eigenvalue weighted by Crippen LogP contribution is -2.17. The van der Waals surface area contributed by atoms with Crippen molar-refractivity contribution in [3.63, 3.8) is 0 Å². The monoisotopic (exact) mass is 254 g/mol. The van der Waals surface area contributed by atoms with Gasteiger partial charge in [0, 0.05) is 22.9 Å². The molecule has 1 N–H and O–H groups in total. The maximum Gasteiger partial charge on any atom is 0.0410 e. The molecule has 76 valence electrons. The first-order valence-corrected chi connectivity index (χ1v) is 5.97. The molecule has 0 radical (unpaired) electrons. The zero-order chi connectivity index (χ0) is 9.80. The normalized spacial score (nSPS) is 15.8. The van der Waals surface area contributed by atoms with Gasteiger partial charge in [-0.15, -0.1) is 0 Å². The van der Waals surface area contributed by atoms with E-state index in [4.69, 9.17) is 0 Å². The van der Waals surface area contributed by atoms with Crippen molar-refractivity contribution in [2.75, 3.05) is 6.54 Å². The zero-order valence-corrected chi connectivity index (χ0v) is 9.76. The van der Waals surface area contributed by atoms with Crippen LogP contribution >= 0.6 is 15.9 Å².